The molecule has 0 bridgehead atoms. The molecule has 0 aliphatic rings. The number of benzene rings is 1. The Morgan fingerprint density at radius 2 is 2.07 bits per heavy atom. The lowest BCUT2D eigenvalue weighted by atomic mass is 10.2. The summed E-state index contributed by atoms with van der Waals surface area (Å²) in [4.78, 5) is 10.8. The standard InChI is InChI=1S/C9H9F3N2O/c1-13-9(15)14-5-2-3-7(10)6(4-5)8(11)12/h2-4,8H,1H3,(H2,13,14,15). The first-order valence-electron chi connectivity index (χ1n) is 4.11. The molecule has 15 heavy (non-hydrogen) atoms. The Morgan fingerprint density at radius 1 is 1.40 bits per heavy atom. The summed E-state index contributed by atoms with van der Waals surface area (Å²) < 4.78 is 37.3. The number of anilines is 1. The van der Waals surface area contributed by atoms with Crippen LogP contribution < -0.4 is 10.6 Å². The SMILES string of the molecule is CNC(=O)Nc1ccc(F)c(C(F)F)c1. The number of hydrogen-bond donors (Lipinski definition) is 2. The van der Waals surface area contributed by atoms with Crippen molar-refractivity contribution in [3.05, 3.63) is 29.6 Å². The smallest absolute Gasteiger partial charge is 0.318 e. The topological polar surface area (TPSA) is 41.1 Å². The third kappa shape index (κ3) is 2.87. The summed E-state index contributed by atoms with van der Waals surface area (Å²) in [6.07, 6.45) is -2.91. The minimum atomic E-state index is -2.91. The van der Waals surface area contributed by atoms with E-state index in [-0.39, 0.29) is 5.69 Å². The van der Waals surface area contributed by atoms with Gasteiger partial charge in [-0.2, -0.15) is 0 Å². The summed E-state index contributed by atoms with van der Waals surface area (Å²) in [7, 11) is 1.38. The molecule has 2 amide bonds. The van der Waals surface area contributed by atoms with Gasteiger partial charge in [-0.1, -0.05) is 0 Å². The molecule has 0 saturated heterocycles. The molecule has 0 heterocycles. The van der Waals surface area contributed by atoms with Crippen molar-refractivity contribution in [2.45, 2.75) is 6.43 Å². The maximum Gasteiger partial charge on any atom is 0.318 e. The fraction of sp³-hybridized carbons (Fsp3) is 0.222. The van der Waals surface area contributed by atoms with Crippen LogP contribution in [0.2, 0.25) is 0 Å². The number of carbonyl (C=O) groups excluding carboxylic acids is 1. The number of halogens is 3. The van der Waals surface area contributed by atoms with E-state index in [0.29, 0.717) is 0 Å². The van der Waals surface area contributed by atoms with Gasteiger partial charge in [0.15, 0.2) is 0 Å². The average Bonchev–Trinajstić information content (AvgIpc) is 2.20. The second-order valence-electron chi connectivity index (χ2n) is 2.74. The largest absolute Gasteiger partial charge is 0.341 e. The van der Waals surface area contributed by atoms with Gasteiger partial charge in [0, 0.05) is 12.7 Å². The van der Waals surface area contributed by atoms with E-state index in [1.165, 1.54) is 13.1 Å². The number of urea groups is 1. The fourth-order valence-corrected chi connectivity index (χ4v) is 0.982. The Morgan fingerprint density at radius 3 is 2.60 bits per heavy atom. The summed E-state index contributed by atoms with van der Waals surface area (Å²) in [5, 5.41) is 4.51. The molecule has 6 heteroatoms. The van der Waals surface area contributed by atoms with E-state index in [9.17, 15) is 18.0 Å². The number of carbonyl (C=O) groups is 1. The van der Waals surface area contributed by atoms with E-state index in [2.05, 4.69) is 10.6 Å². The highest BCUT2D eigenvalue weighted by Gasteiger charge is 2.14. The lowest BCUT2D eigenvalue weighted by Crippen LogP contribution is -2.24. The zero-order valence-corrected chi connectivity index (χ0v) is 7.85. The van der Waals surface area contributed by atoms with Crippen LogP contribution in [0, 0.1) is 5.82 Å². The molecule has 2 N–H and O–H groups in total. The maximum atomic E-state index is 12.8. The highest BCUT2D eigenvalue weighted by Crippen LogP contribution is 2.24. The van der Waals surface area contributed by atoms with E-state index in [0.717, 1.165) is 12.1 Å². The number of amides is 2. The molecule has 0 fully saturated rings. The van der Waals surface area contributed by atoms with Crippen LogP contribution in [0.25, 0.3) is 0 Å². The quantitative estimate of drug-likeness (QED) is 0.786. The van der Waals surface area contributed by atoms with Crippen LogP contribution in [0.1, 0.15) is 12.0 Å². The van der Waals surface area contributed by atoms with Gasteiger partial charge in [0.25, 0.3) is 6.43 Å². The Kier molecular flexibility index (Phi) is 3.54. The number of nitrogens with one attached hydrogen (secondary N) is 2. The highest BCUT2D eigenvalue weighted by molar-refractivity contribution is 5.89. The van der Waals surface area contributed by atoms with Crippen molar-refractivity contribution in [3.8, 4) is 0 Å². The first kappa shape index (κ1) is 11.4. The number of hydrogen-bond acceptors (Lipinski definition) is 1. The van der Waals surface area contributed by atoms with Gasteiger partial charge in [0.1, 0.15) is 5.82 Å². The Hall–Kier alpha value is -1.72. The number of alkyl halides is 2. The zero-order chi connectivity index (χ0) is 11.4. The van der Waals surface area contributed by atoms with Crippen molar-refractivity contribution >= 4 is 11.7 Å². The molecule has 1 aromatic rings. The minimum Gasteiger partial charge on any atom is -0.341 e. The molecule has 0 radical (unpaired) electrons. The Balaban J connectivity index is 2.92. The molecule has 82 valence electrons. The van der Waals surface area contributed by atoms with Crippen molar-refractivity contribution in [1.29, 1.82) is 0 Å². The van der Waals surface area contributed by atoms with Gasteiger partial charge in [-0.15, -0.1) is 0 Å². The summed E-state index contributed by atoms with van der Waals surface area (Å²) in [6, 6.07) is 2.43. The summed E-state index contributed by atoms with van der Waals surface area (Å²) in [6.45, 7) is 0. The Bertz CT molecular complexity index is 368. The van der Waals surface area contributed by atoms with Gasteiger partial charge in [0.2, 0.25) is 0 Å². The summed E-state index contributed by atoms with van der Waals surface area (Å²) in [5.74, 6) is -0.993. The summed E-state index contributed by atoms with van der Waals surface area (Å²) in [5.41, 5.74) is -0.616. The van der Waals surface area contributed by atoms with Crippen molar-refractivity contribution in [3.63, 3.8) is 0 Å². The monoisotopic (exact) mass is 218 g/mol. The predicted octanol–water partition coefficient (Wildman–Crippen LogP) is 2.51. The van der Waals surface area contributed by atoms with Crippen LogP contribution in [0.5, 0.6) is 0 Å². The van der Waals surface area contributed by atoms with E-state index >= 15 is 0 Å². The third-order valence-electron chi connectivity index (χ3n) is 1.72. The van der Waals surface area contributed by atoms with Crippen LogP contribution in [-0.4, -0.2) is 13.1 Å². The van der Waals surface area contributed by atoms with Crippen molar-refractivity contribution < 1.29 is 18.0 Å². The van der Waals surface area contributed by atoms with Crippen molar-refractivity contribution in [2.75, 3.05) is 12.4 Å². The van der Waals surface area contributed by atoms with Gasteiger partial charge < -0.3 is 10.6 Å². The zero-order valence-electron chi connectivity index (χ0n) is 7.85. The molecular weight excluding hydrogens is 209 g/mol. The molecule has 0 saturated carbocycles. The van der Waals surface area contributed by atoms with Gasteiger partial charge >= 0.3 is 6.03 Å². The van der Waals surface area contributed by atoms with Gasteiger partial charge in [0.05, 0.1) is 5.56 Å². The van der Waals surface area contributed by atoms with Crippen LogP contribution in [0.15, 0.2) is 18.2 Å². The van der Waals surface area contributed by atoms with Crippen molar-refractivity contribution in [1.82, 2.24) is 5.32 Å². The first-order chi connectivity index (χ1) is 7.04. The molecule has 0 unspecified atom stereocenters. The van der Waals surface area contributed by atoms with Gasteiger partial charge in [-0.3, -0.25) is 0 Å². The first-order valence-corrected chi connectivity index (χ1v) is 4.11. The minimum absolute atomic E-state index is 0.117. The average molecular weight is 218 g/mol. The summed E-state index contributed by atoms with van der Waals surface area (Å²) >= 11 is 0. The lowest BCUT2D eigenvalue weighted by molar-refractivity contribution is 0.146. The second kappa shape index (κ2) is 4.68. The van der Waals surface area contributed by atoms with Crippen LogP contribution >= 0.6 is 0 Å². The lowest BCUT2D eigenvalue weighted by Gasteiger charge is -2.07. The van der Waals surface area contributed by atoms with Crippen LogP contribution in [0.4, 0.5) is 23.7 Å². The molecule has 1 aromatic carbocycles. The molecule has 0 aromatic heterocycles. The predicted molar refractivity (Wildman–Crippen MR) is 49.4 cm³/mol. The molecule has 0 atom stereocenters. The van der Waals surface area contributed by atoms with Crippen LogP contribution in [0.3, 0.4) is 0 Å². The normalized spacial score (nSPS) is 10.2. The molecule has 1 rings (SSSR count). The molecule has 0 aliphatic carbocycles. The van der Waals surface area contributed by atoms with E-state index in [1.54, 1.807) is 0 Å². The molecular formula is C9H9F3N2O. The van der Waals surface area contributed by atoms with Crippen molar-refractivity contribution in [2.24, 2.45) is 0 Å². The Labute approximate surface area is 84.3 Å². The molecule has 3 nitrogen and oxygen atoms in total. The molecule has 0 aliphatic heterocycles. The fourth-order valence-electron chi connectivity index (χ4n) is 0.982. The van der Waals surface area contributed by atoms with Crippen LogP contribution in [-0.2, 0) is 0 Å². The highest BCUT2D eigenvalue weighted by atomic mass is 19.3. The third-order valence-corrected chi connectivity index (χ3v) is 1.72. The maximum absolute atomic E-state index is 12.8. The molecule has 0 spiro atoms. The van der Waals surface area contributed by atoms with E-state index < -0.39 is 23.8 Å². The van der Waals surface area contributed by atoms with Gasteiger partial charge in [-0.05, 0) is 18.2 Å². The van der Waals surface area contributed by atoms with E-state index in [4.69, 9.17) is 0 Å². The van der Waals surface area contributed by atoms with E-state index in [1.807, 2.05) is 0 Å². The second-order valence-corrected chi connectivity index (χ2v) is 2.74. The van der Waals surface area contributed by atoms with Gasteiger partial charge in [-0.25, -0.2) is 18.0 Å². The number of rotatable bonds is 2.